The molecule has 0 aliphatic rings. The average molecular weight is 277 g/mol. The minimum Gasteiger partial charge on any atom is -0.380 e. The van der Waals surface area contributed by atoms with Crippen molar-refractivity contribution in [3.8, 4) is 0 Å². The summed E-state index contributed by atoms with van der Waals surface area (Å²) in [5, 5.41) is 10.7. The molecule has 0 saturated carbocycles. The Labute approximate surface area is 112 Å². The Kier molecular flexibility index (Phi) is 3.06. The van der Waals surface area contributed by atoms with Gasteiger partial charge in [-0.2, -0.15) is 5.10 Å². The molecule has 0 aliphatic heterocycles. The van der Waals surface area contributed by atoms with Gasteiger partial charge in [0.15, 0.2) is 17.5 Å². The smallest absolute Gasteiger partial charge is 0.194 e. The summed E-state index contributed by atoms with van der Waals surface area (Å²) in [6.45, 7) is 0.179. The molecule has 0 amide bonds. The Balaban J connectivity index is 1.85. The number of hydrogen-bond donors (Lipinski definition) is 2. The van der Waals surface area contributed by atoms with E-state index in [1.807, 2.05) is 18.2 Å². The zero-order chi connectivity index (χ0) is 14.1. The zero-order valence-electron chi connectivity index (χ0n) is 10.3. The summed E-state index contributed by atoms with van der Waals surface area (Å²) in [7, 11) is 0. The quantitative estimate of drug-likeness (QED) is 0.718. The minimum atomic E-state index is -1.45. The second-order valence-electron chi connectivity index (χ2n) is 4.36. The first-order valence-electron chi connectivity index (χ1n) is 5.94. The van der Waals surface area contributed by atoms with Crippen molar-refractivity contribution >= 4 is 16.6 Å². The van der Waals surface area contributed by atoms with Gasteiger partial charge >= 0.3 is 0 Å². The SMILES string of the molecule is Fc1cc(CNc2cccc3[nH]ncc23)cc(F)c1F. The predicted molar refractivity (Wildman–Crippen MR) is 69.7 cm³/mol. The molecule has 0 fully saturated rings. The lowest BCUT2D eigenvalue weighted by Crippen LogP contribution is -2.02. The molecule has 0 spiro atoms. The molecule has 0 saturated heterocycles. The molecule has 20 heavy (non-hydrogen) atoms. The Morgan fingerprint density at radius 1 is 1.10 bits per heavy atom. The first kappa shape index (κ1) is 12.5. The number of H-pyrrole nitrogens is 1. The Bertz CT molecular complexity index is 744. The Morgan fingerprint density at radius 2 is 1.85 bits per heavy atom. The molecule has 102 valence electrons. The highest BCUT2D eigenvalue weighted by molar-refractivity contribution is 5.90. The number of aromatic nitrogens is 2. The zero-order valence-corrected chi connectivity index (χ0v) is 10.3. The summed E-state index contributed by atoms with van der Waals surface area (Å²) in [4.78, 5) is 0. The first-order valence-corrected chi connectivity index (χ1v) is 5.94. The molecule has 2 N–H and O–H groups in total. The molecule has 1 heterocycles. The third kappa shape index (κ3) is 2.20. The molecule has 6 heteroatoms. The molecule has 0 atom stereocenters. The van der Waals surface area contributed by atoms with E-state index in [1.165, 1.54) is 0 Å². The molecule has 0 aliphatic carbocycles. The lowest BCUT2D eigenvalue weighted by atomic mass is 10.2. The highest BCUT2D eigenvalue weighted by Gasteiger charge is 2.10. The standard InChI is InChI=1S/C14H10F3N3/c15-10-4-8(5-11(16)14(10)17)6-18-12-2-1-3-13-9(12)7-19-20-13/h1-5,7,18H,6H2,(H,19,20). The molecule has 0 radical (unpaired) electrons. The van der Waals surface area contributed by atoms with Crippen LogP contribution in [0.15, 0.2) is 36.5 Å². The number of aromatic amines is 1. The number of fused-ring (bicyclic) bond motifs is 1. The Hall–Kier alpha value is -2.50. The van der Waals surface area contributed by atoms with E-state index in [1.54, 1.807) is 6.20 Å². The van der Waals surface area contributed by atoms with Gasteiger partial charge in [0, 0.05) is 17.6 Å². The van der Waals surface area contributed by atoms with E-state index in [2.05, 4.69) is 15.5 Å². The molecular formula is C14H10F3N3. The maximum absolute atomic E-state index is 13.1. The van der Waals surface area contributed by atoms with Gasteiger partial charge in [-0.25, -0.2) is 13.2 Å². The van der Waals surface area contributed by atoms with Gasteiger partial charge in [-0.1, -0.05) is 6.07 Å². The van der Waals surface area contributed by atoms with E-state index >= 15 is 0 Å². The largest absolute Gasteiger partial charge is 0.380 e. The van der Waals surface area contributed by atoms with Crippen LogP contribution in [0.5, 0.6) is 0 Å². The highest BCUT2D eigenvalue weighted by atomic mass is 19.2. The van der Waals surface area contributed by atoms with E-state index in [9.17, 15) is 13.2 Å². The molecule has 2 aromatic carbocycles. The number of halogens is 3. The summed E-state index contributed by atoms with van der Waals surface area (Å²) in [5.74, 6) is -3.84. The second kappa shape index (κ2) is 4.88. The van der Waals surface area contributed by atoms with E-state index in [0.717, 1.165) is 28.7 Å². The molecule has 0 bridgehead atoms. The number of anilines is 1. The number of benzene rings is 2. The molecule has 3 aromatic rings. The summed E-state index contributed by atoms with van der Waals surface area (Å²) < 4.78 is 39.1. The predicted octanol–water partition coefficient (Wildman–Crippen LogP) is 3.59. The van der Waals surface area contributed by atoms with Crippen LogP contribution in [-0.4, -0.2) is 10.2 Å². The van der Waals surface area contributed by atoms with Crippen molar-refractivity contribution in [1.82, 2.24) is 10.2 Å². The van der Waals surface area contributed by atoms with E-state index in [-0.39, 0.29) is 6.54 Å². The van der Waals surface area contributed by atoms with Crippen LogP contribution in [0.1, 0.15) is 5.56 Å². The third-order valence-corrected chi connectivity index (χ3v) is 3.01. The number of hydrogen-bond acceptors (Lipinski definition) is 2. The maximum atomic E-state index is 13.1. The molecular weight excluding hydrogens is 267 g/mol. The molecule has 3 rings (SSSR count). The van der Waals surface area contributed by atoms with Crippen molar-refractivity contribution in [2.24, 2.45) is 0 Å². The van der Waals surface area contributed by atoms with Crippen molar-refractivity contribution in [3.05, 3.63) is 59.5 Å². The van der Waals surface area contributed by atoms with Crippen LogP contribution in [0.3, 0.4) is 0 Å². The summed E-state index contributed by atoms with van der Waals surface area (Å²) in [5.41, 5.74) is 1.95. The fourth-order valence-corrected chi connectivity index (χ4v) is 2.03. The fourth-order valence-electron chi connectivity index (χ4n) is 2.03. The van der Waals surface area contributed by atoms with Gasteiger partial charge in [0.1, 0.15) is 0 Å². The van der Waals surface area contributed by atoms with Gasteiger partial charge in [0.05, 0.1) is 11.7 Å². The van der Waals surface area contributed by atoms with E-state index in [4.69, 9.17) is 0 Å². The fraction of sp³-hybridized carbons (Fsp3) is 0.0714. The van der Waals surface area contributed by atoms with Crippen molar-refractivity contribution < 1.29 is 13.2 Å². The topological polar surface area (TPSA) is 40.7 Å². The van der Waals surface area contributed by atoms with Gasteiger partial charge < -0.3 is 5.32 Å². The number of rotatable bonds is 3. The van der Waals surface area contributed by atoms with Gasteiger partial charge in [0.25, 0.3) is 0 Å². The highest BCUT2D eigenvalue weighted by Crippen LogP contribution is 2.22. The van der Waals surface area contributed by atoms with Crippen LogP contribution in [0.2, 0.25) is 0 Å². The van der Waals surface area contributed by atoms with Crippen LogP contribution in [-0.2, 0) is 6.54 Å². The molecule has 3 nitrogen and oxygen atoms in total. The first-order chi connectivity index (χ1) is 9.65. The van der Waals surface area contributed by atoms with Gasteiger partial charge in [0.2, 0.25) is 0 Å². The summed E-state index contributed by atoms with van der Waals surface area (Å²) in [6, 6.07) is 7.47. The maximum Gasteiger partial charge on any atom is 0.194 e. The average Bonchev–Trinajstić information content (AvgIpc) is 2.91. The van der Waals surface area contributed by atoms with Crippen LogP contribution >= 0.6 is 0 Å². The minimum absolute atomic E-state index is 0.179. The summed E-state index contributed by atoms with van der Waals surface area (Å²) in [6.07, 6.45) is 1.66. The monoisotopic (exact) mass is 277 g/mol. The lowest BCUT2D eigenvalue weighted by Gasteiger charge is -2.08. The van der Waals surface area contributed by atoms with E-state index < -0.39 is 17.5 Å². The van der Waals surface area contributed by atoms with Crippen LogP contribution in [0, 0.1) is 17.5 Å². The second-order valence-corrected chi connectivity index (χ2v) is 4.36. The molecule has 0 unspecified atom stereocenters. The number of nitrogens with zero attached hydrogens (tertiary/aromatic N) is 1. The van der Waals surface area contributed by atoms with Gasteiger partial charge in [-0.3, -0.25) is 5.10 Å². The van der Waals surface area contributed by atoms with Gasteiger partial charge in [-0.15, -0.1) is 0 Å². The Morgan fingerprint density at radius 3 is 2.60 bits per heavy atom. The van der Waals surface area contributed by atoms with E-state index in [0.29, 0.717) is 5.56 Å². The van der Waals surface area contributed by atoms with Crippen molar-refractivity contribution in [2.75, 3.05) is 5.32 Å². The summed E-state index contributed by atoms with van der Waals surface area (Å²) >= 11 is 0. The molecule has 1 aromatic heterocycles. The number of nitrogens with one attached hydrogen (secondary N) is 2. The van der Waals surface area contributed by atoms with Gasteiger partial charge in [-0.05, 0) is 29.8 Å². The third-order valence-electron chi connectivity index (χ3n) is 3.01. The van der Waals surface area contributed by atoms with Crippen molar-refractivity contribution in [1.29, 1.82) is 0 Å². The normalized spacial score (nSPS) is 10.9. The van der Waals surface area contributed by atoms with Crippen LogP contribution in [0.4, 0.5) is 18.9 Å². The van der Waals surface area contributed by atoms with Crippen molar-refractivity contribution in [3.63, 3.8) is 0 Å². The van der Waals surface area contributed by atoms with Crippen LogP contribution in [0.25, 0.3) is 10.9 Å². The van der Waals surface area contributed by atoms with Crippen LogP contribution < -0.4 is 5.32 Å². The van der Waals surface area contributed by atoms with Crippen molar-refractivity contribution in [2.45, 2.75) is 6.54 Å². The lowest BCUT2D eigenvalue weighted by molar-refractivity contribution is 0.445.